The summed E-state index contributed by atoms with van der Waals surface area (Å²) in [7, 11) is 0. The van der Waals surface area contributed by atoms with Crippen LogP contribution in [-0.4, -0.2) is 0 Å². The summed E-state index contributed by atoms with van der Waals surface area (Å²) in [6, 6.07) is 84.5. The highest BCUT2D eigenvalue weighted by Crippen LogP contribution is 2.57. The van der Waals surface area contributed by atoms with E-state index in [1.807, 2.05) is 0 Å². The van der Waals surface area contributed by atoms with Gasteiger partial charge in [0.05, 0.1) is 0 Å². The standard InChI is InChI=1S/C58H38/c1-4-16-39(17-5-1)43-24-10-26-45(34-43)47-28-12-30-49(36-47)54-38-53(41-20-8-3-9-21-41)56(58-52-33-15-23-42-22-14-32-51(55(42)52)57(54)58)50-31-13-29-48(37-50)46-27-11-25-44(35-46)40-18-6-2-7-19-40/h1-38H. The molecule has 0 aliphatic heterocycles. The summed E-state index contributed by atoms with van der Waals surface area (Å²) in [5, 5.41) is 2.59. The fraction of sp³-hybridized carbons (Fsp3) is 0. The SMILES string of the molecule is c1ccc(-c2cccc(-c3cccc(-c4cc(-c5ccccc5)c(-c5cccc(-c6cccc(-c7ccccc7)c6)c5)c5c4-c4cccc6cccc-5c46)c3)c2)cc1. The Labute approximate surface area is 340 Å². The summed E-state index contributed by atoms with van der Waals surface area (Å²) in [6.07, 6.45) is 0. The van der Waals surface area contributed by atoms with E-state index in [9.17, 15) is 0 Å². The molecule has 11 rings (SSSR count). The zero-order valence-electron chi connectivity index (χ0n) is 31.9. The Morgan fingerprint density at radius 1 is 0.172 bits per heavy atom. The lowest BCUT2D eigenvalue weighted by atomic mass is 9.81. The van der Waals surface area contributed by atoms with E-state index >= 15 is 0 Å². The second-order valence-corrected chi connectivity index (χ2v) is 15.2. The van der Waals surface area contributed by atoms with Gasteiger partial charge in [-0.2, -0.15) is 0 Å². The van der Waals surface area contributed by atoms with Crippen molar-refractivity contribution in [1.82, 2.24) is 0 Å². The van der Waals surface area contributed by atoms with Crippen LogP contribution in [0.1, 0.15) is 0 Å². The monoisotopic (exact) mass is 734 g/mol. The van der Waals surface area contributed by atoms with Gasteiger partial charge in [0.2, 0.25) is 0 Å². The molecule has 270 valence electrons. The first-order valence-electron chi connectivity index (χ1n) is 20.1. The number of benzene rings is 10. The molecule has 0 saturated heterocycles. The smallest absolute Gasteiger partial charge is 0.000763 e. The highest BCUT2D eigenvalue weighted by Gasteiger charge is 2.30. The van der Waals surface area contributed by atoms with Crippen LogP contribution in [-0.2, 0) is 0 Å². The Bertz CT molecular complexity index is 3130. The quantitative estimate of drug-likeness (QED) is 0.153. The van der Waals surface area contributed by atoms with Crippen molar-refractivity contribution in [3.8, 4) is 100 Å². The van der Waals surface area contributed by atoms with Gasteiger partial charge in [0.1, 0.15) is 0 Å². The highest BCUT2D eigenvalue weighted by molar-refractivity contribution is 6.23. The van der Waals surface area contributed by atoms with E-state index in [0.717, 1.165) is 0 Å². The zero-order valence-corrected chi connectivity index (χ0v) is 31.9. The van der Waals surface area contributed by atoms with Crippen LogP contribution in [0.3, 0.4) is 0 Å². The molecule has 0 atom stereocenters. The fourth-order valence-electron chi connectivity index (χ4n) is 9.10. The molecule has 0 bridgehead atoms. The molecule has 0 N–H and O–H groups in total. The van der Waals surface area contributed by atoms with Gasteiger partial charge in [-0.1, -0.05) is 200 Å². The van der Waals surface area contributed by atoms with Crippen molar-refractivity contribution in [2.75, 3.05) is 0 Å². The molecule has 0 nitrogen and oxygen atoms in total. The maximum atomic E-state index is 2.47. The number of fused-ring (bicyclic) bond motifs is 3. The van der Waals surface area contributed by atoms with E-state index in [1.54, 1.807) is 0 Å². The van der Waals surface area contributed by atoms with Gasteiger partial charge in [0.25, 0.3) is 0 Å². The van der Waals surface area contributed by atoms with Gasteiger partial charge in [-0.3, -0.25) is 0 Å². The lowest BCUT2D eigenvalue weighted by molar-refractivity contribution is 1.55. The first-order chi connectivity index (χ1) is 28.8. The van der Waals surface area contributed by atoms with Gasteiger partial charge in [-0.25, -0.2) is 0 Å². The van der Waals surface area contributed by atoms with Gasteiger partial charge >= 0.3 is 0 Å². The van der Waals surface area contributed by atoms with Gasteiger partial charge in [-0.15, -0.1) is 0 Å². The van der Waals surface area contributed by atoms with E-state index in [1.165, 1.54) is 111 Å². The van der Waals surface area contributed by atoms with Crippen LogP contribution < -0.4 is 0 Å². The van der Waals surface area contributed by atoms with Crippen molar-refractivity contribution in [2.24, 2.45) is 0 Å². The third kappa shape index (κ3) is 5.86. The Balaban J connectivity index is 1.15. The second kappa shape index (κ2) is 14.2. The van der Waals surface area contributed by atoms with Crippen LogP contribution >= 0.6 is 0 Å². The van der Waals surface area contributed by atoms with E-state index < -0.39 is 0 Å². The third-order valence-electron chi connectivity index (χ3n) is 11.8. The van der Waals surface area contributed by atoms with Gasteiger partial charge < -0.3 is 0 Å². The average Bonchev–Trinajstić information content (AvgIpc) is 3.65. The number of hydrogen-bond acceptors (Lipinski definition) is 0. The largest absolute Gasteiger partial charge is 0.0622 e. The summed E-state index contributed by atoms with van der Waals surface area (Å²) in [4.78, 5) is 0. The fourth-order valence-corrected chi connectivity index (χ4v) is 9.10. The molecule has 0 aromatic heterocycles. The first kappa shape index (κ1) is 33.8. The molecule has 10 aromatic rings. The molecule has 0 heterocycles. The van der Waals surface area contributed by atoms with Crippen LogP contribution in [0.2, 0.25) is 0 Å². The summed E-state index contributed by atoms with van der Waals surface area (Å²) >= 11 is 0. The zero-order chi connectivity index (χ0) is 38.4. The molecule has 0 fully saturated rings. The Morgan fingerprint density at radius 3 is 1.03 bits per heavy atom. The molecule has 0 unspecified atom stereocenters. The molecule has 0 amide bonds. The van der Waals surface area contributed by atoms with Crippen LogP contribution in [0.25, 0.3) is 111 Å². The maximum absolute atomic E-state index is 2.47. The van der Waals surface area contributed by atoms with Crippen molar-refractivity contribution < 1.29 is 0 Å². The summed E-state index contributed by atoms with van der Waals surface area (Å²) < 4.78 is 0. The first-order valence-corrected chi connectivity index (χ1v) is 20.1. The summed E-state index contributed by atoms with van der Waals surface area (Å²) in [6.45, 7) is 0. The van der Waals surface area contributed by atoms with Crippen molar-refractivity contribution in [2.45, 2.75) is 0 Å². The summed E-state index contributed by atoms with van der Waals surface area (Å²) in [5.74, 6) is 0. The number of rotatable bonds is 7. The maximum Gasteiger partial charge on any atom is -0.000763 e. The van der Waals surface area contributed by atoms with E-state index in [4.69, 9.17) is 0 Å². The molecular formula is C58H38. The molecule has 1 aliphatic rings. The third-order valence-corrected chi connectivity index (χ3v) is 11.8. The van der Waals surface area contributed by atoms with Crippen molar-refractivity contribution in [3.63, 3.8) is 0 Å². The molecule has 0 radical (unpaired) electrons. The predicted molar refractivity (Wildman–Crippen MR) is 246 cm³/mol. The van der Waals surface area contributed by atoms with Crippen molar-refractivity contribution in [3.05, 3.63) is 231 Å². The minimum Gasteiger partial charge on any atom is -0.0622 e. The van der Waals surface area contributed by atoms with Gasteiger partial charge in [0.15, 0.2) is 0 Å². The average molecular weight is 735 g/mol. The molecule has 0 saturated carbocycles. The molecule has 0 heteroatoms. The van der Waals surface area contributed by atoms with Crippen LogP contribution in [0.4, 0.5) is 0 Å². The Morgan fingerprint density at radius 2 is 0.517 bits per heavy atom. The van der Waals surface area contributed by atoms with Gasteiger partial charge in [0, 0.05) is 0 Å². The predicted octanol–water partition coefficient (Wildman–Crippen LogP) is 16.2. The van der Waals surface area contributed by atoms with Crippen LogP contribution in [0.15, 0.2) is 231 Å². The Hall–Kier alpha value is -7.54. The minimum absolute atomic E-state index is 1.20. The molecule has 0 spiro atoms. The second-order valence-electron chi connectivity index (χ2n) is 15.2. The molecule has 1 aliphatic carbocycles. The lowest BCUT2D eigenvalue weighted by Gasteiger charge is -2.21. The van der Waals surface area contributed by atoms with E-state index in [-0.39, 0.29) is 0 Å². The van der Waals surface area contributed by atoms with Crippen LogP contribution in [0, 0.1) is 0 Å². The topological polar surface area (TPSA) is 0 Å². The van der Waals surface area contributed by atoms with Crippen molar-refractivity contribution >= 4 is 10.8 Å². The summed E-state index contributed by atoms with van der Waals surface area (Å²) in [5.41, 5.74) is 22.2. The molecule has 58 heavy (non-hydrogen) atoms. The minimum atomic E-state index is 1.20. The Kier molecular flexibility index (Phi) is 8.26. The van der Waals surface area contributed by atoms with E-state index in [2.05, 4.69) is 231 Å². The lowest BCUT2D eigenvalue weighted by Crippen LogP contribution is -1.95. The van der Waals surface area contributed by atoms with E-state index in [0.29, 0.717) is 0 Å². The number of hydrogen-bond donors (Lipinski definition) is 0. The normalized spacial score (nSPS) is 11.4. The van der Waals surface area contributed by atoms with Gasteiger partial charge in [-0.05, 0) is 141 Å². The molecular weight excluding hydrogens is 697 g/mol. The molecule has 10 aromatic carbocycles. The highest BCUT2D eigenvalue weighted by atomic mass is 14.3. The van der Waals surface area contributed by atoms with Crippen LogP contribution in [0.5, 0.6) is 0 Å². The van der Waals surface area contributed by atoms with Crippen molar-refractivity contribution in [1.29, 1.82) is 0 Å².